The number of nitrogens with zero attached hydrogens (tertiary/aromatic N) is 7. The van der Waals surface area contributed by atoms with Crippen LogP contribution in [0, 0.1) is 22.7 Å². The van der Waals surface area contributed by atoms with Crippen molar-refractivity contribution in [2.24, 2.45) is 0 Å². The van der Waals surface area contributed by atoms with Gasteiger partial charge in [-0.2, -0.15) is 23.7 Å². The van der Waals surface area contributed by atoms with Gasteiger partial charge < -0.3 is 4.90 Å². The Morgan fingerprint density at radius 1 is 1.11 bits per heavy atom. The summed E-state index contributed by atoms with van der Waals surface area (Å²) >= 11 is 5.55. The van der Waals surface area contributed by atoms with E-state index in [4.69, 9.17) is 22.7 Å². The summed E-state index contributed by atoms with van der Waals surface area (Å²) in [5.74, 6) is -0.471. The minimum Gasteiger partial charge on any atom is -0.330 e. The first-order chi connectivity index (χ1) is 17.5. The number of halogens is 3. The summed E-state index contributed by atoms with van der Waals surface area (Å²) in [5, 5.41) is 26.0. The molecule has 1 aliphatic rings. The SMILES string of the molecule is CC1(C)C(=O)N(c2ccc(C#N)c(C(F)(F)F)c2)C(=S)N1Cc1ccc(-c2cn(CCC#N)nn2)cc1. The number of hydrogen-bond donors (Lipinski definition) is 0. The van der Waals surface area contributed by atoms with E-state index in [2.05, 4.69) is 16.4 Å². The van der Waals surface area contributed by atoms with Gasteiger partial charge in [0.2, 0.25) is 0 Å². The highest BCUT2D eigenvalue weighted by Crippen LogP contribution is 2.38. The van der Waals surface area contributed by atoms with Crippen LogP contribution in [0.2, 0.25) is 0 Å². The normalized spacial score (nSPS) is 15.1. The molecule has 2 heterocycles. The lowest BCUT2D eigenvalue weighted by Gasteiger charge is -2.29. The van der Waals surface area contributed by atoms with E-state index in [0.717, 1.165) is 28.2 Å². The Morgan fingerprint density at radius 3 is 2.43 bits per heavy atom. The van der Waals surface area contributed by atoms with Crippen molar-refractivity contribution in [3.8, 4) is 23.4 Å². The van der Waals surface area contributed by atoms with Crippen LogP contribution in [0.1, 0.15) is 37.0 Å². The van der Waals surface area contributed by atoms with Gasteiger partial charge in [-0.25, -0.2) is 0 Å². The van der Waals surface area contributed by atoms with Crippen molar-refractivity contribution < 1.29 is 18.0 Å². The van der Waals surface area contributed by atoms with Crippen molar-refractivity contribution in [3.63, 3.8) is 0 Å². The predicted octanol–water partition coefficient (Wildman–Crippen LogP) is 4.66. The maximum absolute atomic E-state index is 13.5. The number of aryl methyl sites for hydroxylation is 1. The van der Waals surface area contributed by atoms with Gasteiger partial charge in [-0.05, 0) is 49.8 Å². The van der Waals surface area contributed by atoms with Crippen molar-refractivity contribution in [2.75, 3.05) is 4.90 Å². The van der Waals surface area contributed by atoms with Crippen LogP contribution in [-0.2, 0) is 24.1 Å². The lowest BCUT2D eigenvalue weighted by molar-refractivity contribution is -0.137. The summed E-state index contributed by atoms with van der Waals surface area (Å²) in [5.41, 5.74) is -0.553. The minimum absolute atomic E-state index is 0.0493. The quantitative estimate of drug-likeness (QED) is 0.433. The molecule has 188 valence electrons. The molecule has 2 aromatic carbocycles. The molecule has 0 radical (unpaired) electrons. The number of benzene rings is 2. The monoisotopic (exact) mass is 523 g/mol. The van der Waals surface area contributed by atoms with Crippen LogP contribution in [0.5, 0.6) is 0 Å². The molecule has 0 unspecified atom stereocenters. The molecule has 8 nitrogen and oxygen atoms in total. The highest BCUT2D eigenvalue weighted by molar-refractivity contribution is 7.80. The van der Waals surface area contributed by atoms with E-state index >= 15 is 0 Å². The standard InChI is InChI=1S/C25H20F3N7OS/c1-24(2)22(36)35(19-9-8-18(13-30)20(12-19)25(26,27)28)23(37)34(24)14-16-4-6-17(7-5-16)21-15-33(32-31-21)11-3-10-29/h4-9,12,15H,3,11,14H2,1-2H3. The molecular weight excluding hydrogens is 503 g/mol. The number of anilines is 1. The molecule has 1 saturated heterocycles. The second kappa shape index (κ2) is 9.64. The van der Waals surface area contributed by atoms with Gasteiger partial charge in [0.15, 0.2) is 5.11 Å². The summed E-state index contributed by atoms with van der Waals surface area (Å²) in [7, 11) is 0. The van der Waals surface area contributed by atoms with Gasteiger partial charge in [0.1, 0.15) is 11.2 Å². The number of carbonyl (C=O) groups excluding carboxylic acids is 1. The van der Waals surface area contributed by atoms with Crippen LogP contribution >= 0.6 is 12.2 Å². The van der Waals surface area contributed by atoms with Crippen LogP contribution in [0.3, 0.4) is 0 Å². The van der Waals surface area contributed by atoms with E-state index in [1.54, 1.807) is 29.6 Å². The maximum Gasteiger partial charge on any atom is 0.417 e. The molecule has 1 fully saturated rings. The number of thiocarbonyl (C=S) groups is 1. The number of alkyl halides is 3. The van der Waals surface area contributed by atoms with Crippen molar-refractivity contribution in [3.05, 3.63) is 65.4 Å². The number of aromatic nitrogens is 3. The van der Waals surface area contributed by atoms with Gasteiger partial charge in [-0.15, -0.1) is 5.10 Å². The first-order valence-electron chi connectivity index (χ1n) is 11.1. The molecule has 37 heavy (non-hydrogen) atoms. The number of nitriles is 2. The van der Waals surface area contributed by atoms with Gasteiger partial charge in [0, 0.05) is 12.1 Å². The average molecular weight is 524 g/mol. The van der Waals surface area contributed by atoms with Gasteiger partial charge in [-0.1, -0.05) is 29.5 Å². The van der Waals surface area contributed by atoms with Crippen molar-refractivity contribution in [1.29, 1.82) is 10.5 Å². The second-order valence-electron chi connectivity index (χ2n) is 8.88. The summed E-state index contributed by atoms with van der Waals surface area (Å²) < 4.78 is 42.1. The molecule has 1 aliphatic heterocycles. The van der Waals surface area contributed by atoms with Crippen molar-refractivity contribution in [1.82, 2.24) is 19.9 Å². The van der Waals surface area contributed by atoms with Gasteiger partial charge in [-0.3, -0.25) is 14.4 Å². The zero-order chi connectivity index (χ0) is 27.0. The molecule has 1 aromatic heterocycles. The molecule has 3 aromatic rings. The summed E-state index contributed by atoms with van der Waals surface area (Å²) in [6.45, 7) is 4.00. The lowest BCUT2D eigenvalue weighted by atomic mass is 10.0. The molecule has 0 N–H and O–H groups in total. The van der Waals surface area contributed by atoms with E-state index in [0.29, 0.717) is 18.7 Å². The third kappa shape index (κ3) is 4.88. The zero-order valence-corrected chi connectivity index (χ0v) is 20.6. The third-order valence-electron chi connectivity index (χ3n) is 6.09. The fourth-order valence-corrected chi connectivity index (χ4v) is 4.48. The molecule has 4 rings (SSSR count). The molecule has 12 heteroatoms. The van der Waals surface area contributed by atoms with E-state index in [1.807, 2.05) is 24.3 Å². The molecule has 1 amide bonds. The zero-order valence-electron chi connectivity index (χ0n) is 19.8. The smallest absolute Gasteiger partial charge is 0.330 e. The van der Waals surface area contributed by atoms with E-state index in [9.17, 15) is 18.0 Å². The maximum atomic E-state index is 13.5. The Balaban J connectivity index is 1.58. The Labute approximate surface area is 216 Å². The van der Waals surface area contributed by atoms with Gasteiger partial charge >= 0.3 is 6.18 Å². The molecule has 0 aliphatic carbocycles. The van der Waals surface area contributed by atoms with Crippen molar-refractivity contribution >= 4 is 28.9 Å². The third-order valence-corrected chi connectivity index (χ3v) is 6.50. The second-order valence-corrected chi connectivity index (χ2v) is 9.24. The van der Waals surface area contributed by atoms with Crippen LogP contribution < -0.4 is 4.90 Å². The fourth-order valence-electron chi connectivity index (χ4n) is 4.00. The number of hydrogen-bond acceptors (Lipinski definition) is 6. The highest BCUT2D eigenvalue weighted by Gasteiger charge is 2.49. The number of amides is 1. The van der Waals surface area contributed by atoms with Gasteiger partial charge in [0.25, 0.3) is 5.91 Å². The Hall–Kier alpha value is -4.29. The Bertz CT molecular complexity index is 1450. The van der Waals surface area contributed by atoms with E-state index < -0.39 is 28.7 Å². The van der Waals surface area contributed by atoms with Crippen LogP contribution in [0.15, 0.2) is 48.7 Å². The first-order valence-corrected chi connectivity index (χ1v) is 11.5. The van der Waals surface area contributed by atoms with Crippen LogP contribution in [0.4, 0.5) is 18.9 Å². The number of carbonyl (C=O) groups is 1. The minimum atomic E-state index is -4.76. The fraction of sp³-hybridized carbons (Fsp3) is 0.280. The average Bonchev–Trinajstić information content (AvgIpc) is 3.40. The van der Waals surface area contributed by atoms with E-state index in [-0.39, 0.29) is 17.3 Å². The molecule has 0 spiro atoms. The molecular formula is C25H20F3N7OS. The van der Waals surface area contributed by atoms with Crippen molar-refractivity contribution in [2.45, 2.75) is 45.1 Å². The summed E-state index contributed by atoms with van der Waals surface area (Å²) in [6, 6.07) is 14.1. The molecule has 0 atom stereocenters. The Kier molecular flexibility index (Phi) is 6.72. The topological polar surface area (TPSA) is 102 Å². The largest absolute Gasteiger partial charge is 0.417 e. The highest BCUT2D eigenvalue weighted by atomic mass is 32.1. The first kappa shape index (κ1) is 25.8. The van der Waals surface area contributed by atoms with Crippen LogP contribution in [-0.4, -0.2) is 36.5 Å². The van der Waals surface area contributed by atoms with Gasteiger partial charge in [0.05, 0.1) is 48.1 Å². The summed E-state index contributed by atoms with van der Waals surface area (Å²) in [4.78, 5) is 16.0. The van der Waals surface area contributed by atoms with E-state index in [1.165, 1.54) is 12.1 Å². The predicted molar refractivity (Wildman–Crippen MR) is 132 cm³/mol. The van der Waals surface area contributed by atoms with Crippen LogP contribution in [0.25, 0.3) is 11.3 Å². The number of rotatable bonds is 6. The summed E-state index contributed by atoms with van der Waals surface area (Å²) in [6.07, 6.45) is -2.69. The molecule has 0 bridgehead atoms. The Morgan fingerprint density at radius 2 is 1.81 bits per heavy atom. The lowest BCUT2D eigenvalue weighted by Crippen LogP contribution is -2.43. The molecule has 0 saturated carbocycles.